The van der Waals surface area contributed by atoms with Gasteiger partial charge in [-0.1, -0.05) is 63.9 Å². The minimum atomic E-state index is -0.357. The van der Waals surface area contributed by atoms with Gasteiger partial charge in [0.05, 0.1) is 0 Å². The Morgan fingerprint density at radius 2 is 1.63 bits per heavy atom. The molecule has 6 heteroatoms. The van der Waals surface area contributed by atoms with Crippen LogP contribution in [0.4, 0.5) is 0 Å². The van der Waals surface area contributed by atoms with E-state index >= 15 is 0 Å². The third-order valence-electron chi connectivity index (χ3n) is 5.15. The lowest BCUT2D eigenvalue weighted by atomic mass is 9.79. The average molecular weight is 486 g/mol. The summed E-state index contributed by atoms with van der Waals surface area (Å²) in [6, 6.07) is 10.8. The summed E-state index contributed by atoms with van der Waals surface area (Å²) < 4.78 is 0. The molecule has 0 saturated heterocycles. The van der Waals surface area contributed by atoms with Gasteiger partial charge in [-0.15, -0.1) is 24.0 Å². The van der Waals surface area contributed by atoms with Crippen LogP contribution >= 0.6 is 24.0 Å². The van der Waals surface area contributed by atoms with Gasteiger partial charge in [0.25, 0.3) is 0 Å². The average Bonchev–Trinajstić information content (AvgIpc) is 3.11. The summed E-state index contributed by atoms with van der Waals surface area (Å²) in [5.41, 5.74) is 1.25. The zero-order chi connectivity index (χ0) is 19.0. The van der Waals surface area contributed by atoms with E-state index in [0.717, 1.165) is 12.5 Å². The second kappa shape index (κ2) is 10.9. The van der Waals surface area contributed by atoms with Gasteiger partial charge in [0.1, 0.15) is 0 Å². The number of carbonyl (C=O) groups is 1. The Labute approximate surface area is 181 Å². The Hall–Kier alpha value is -1.31. The van der Waals surface area contributed by atoms with Crippen LogP contribution in [0.3, 0.4) is 0 Å². The number of amides is 1. The lowest BCUT2D eigenvalue weighted by molar-refractivity contribution is -0.128. The van der Waals surface area contributed by atoms with Gasteiger partial charge in [-0.3, -0.25) is 9.79 Å². The van der Waals surface area contributed by atoms with Gasteiger partial charge in [0.2, 0.25) is 5.91 Å². The van der Waals surface area contributed by atoms with Crippen LogP contribution in [0.5, 0.6) is 0 Å². The molecule has 0 spiro atoms. The Kier molecular flexibility index (Phi) is 9.56. The highest BCUT2D eigenvalue weighted by molar-refractivity contribution is 14.0. The Morgan fingerprint density at radius 1 is 1.04 bits per heavy atom. The molecule has 0 unspecified atom stereocenters. The number of nitrogens with one attached hydrogen (secondary N) is 3. The van der Waals surface area contributed by atoms with Crippen LogP contribution in [0, 0.1) is 5.41 Å². The number of carbonyl (C=O) groups excluding carboxylic acids is 1. The van der Waals surface area contributed by atoms with Gasteiger partial charge in [-0.25, -0.2) is 0 Å². The molecule has 1 aromatic carbocycles. The molecule has 1 saturated carbocycles. The number of aliphatic imine (C=N–C) groups is 1. The van der Waals surface area contributed by atoms with Gasteiger partial charge in [0, 0.05) is 37.5 Å². The maximum atomic E-state index is 11.9. The van der Waals surface area contributed by atoms with Crippen molar-refractivity contribution in [3.8, 4) is 0 Å². The summed E-state index contributed by atoms with van der Waals surface area (Å²) in [5, 5.41) is 9.74. The standard InChI is InChI=1S/C21H34N4O.HI/c1-20(2,3)18(26)23-14-15-24-19(22-4)25-16-21(12-8-9-13-21)17-10-6-5-7-11-17;/h5-7,10-11H,8-9,12-16H2,1-4H3,(H,23,26)(H2,22,24,25);1H. The SMILES string of the molecule is CN=C(NCCNC(=O)C(C)(C)C)NCC1(c2ccccc2)CCCC1.I. The van der Waals surface area contributed by atoms with E-state index < -0.39 is 0 Å². The fraction of sp³-hybridized carbons (Fsp3) is 0.619. The molecule has 0 radical (unpaired) electrons. The molecule has 152 valence electrons. The second-order valence-corrected chi connectivity index (χ2v) is 8.21. The second-order valence-electron chi connectivity index (χ2n) is 8.21. The van der Waals surface area contributed by atoms with Gasteiger partial charge in [-0.05, 0) is 18.4 Å². The van der Waals surface area contributed by atoms with Crippen molar-refractivity contribution in [3.05, 3.63) is 35.9 Å². The molecule has 27 heavy (non-hydrogen) atoms. The topological polar surface area (TPSA) is 65.5 Å². The van der Waals surface area contributed by atoms with Crippen molar-refractivity contribution in [1.29, 1.82) is 0 Å². The van der Waals surface area contributed by atoms with E-state index in [-0.39, 0.29) is 40.7 Å². The third kappa shape index (κ3) is 6.97. The monoisotopic (exact) mass is 486 g/mol. The molecule has 1 fully saturated rings. The van der Waals surface area contributed by atoms with Crippen molar-refractivity contribution in [2.24, 2.45) is 10.4 Å². The summed E-state index contributed by atoms with van der Waals surface area (Å²) >= 11 is 0. The van der Waals surface area contributed by atoms with Crippen LogP contribution < -0.4 is 16.0 Å². The van der Waals surface area contributed by atoms with E-state index in [0.29, 0.717) is 13.1 Å². The maximum absolute atomic E-state index is 11.9. The normalized spacial score (nSPS) is 16.4. The van der Waals surface area contributed by atoms with E-state index in [9.17, 15) is 4.79 Å². The maximum Gasteiger partial charge on any atom is 0.225 e. The highest BCUT2D eigenvalue weighted by Gasteiger charge is 2.35. The van der Waals surface area contributed by atoms with Crippen molar-refractivity contribution in [1.82, 2.24) is 16.0 Å². The highest BCUT2D eigenvalue weighted by atomic mass is 127. The summed E-state index contributed by atoms with van der Waals surface area (Å²) in [4.78, 5) is 16.2. The largest absolute Gasteiger partial charge is 0.356 e. The molecule has 1 aliphatic carbocycles. The lowest BCUT2D eigenvalue weighted by Gasteiger charge is -2.30. The number of nitrogens with zero attached hydrogens (tertiary/aromatic N) is 1. The lowest BCUT2D eigenvalue weighted by Crippen LogP contribution is -2.47. The van der Waals surface area contributed by atoms with Crippen molar-refractivity contribution in [2.45, 2.75) is 51.9 Å². The molecule has 5 nitrogen and oxygen atoms in total. The van der Waals surface area contributed by atoms with Crippen molar-refractivity contribution < 1.29 is 4.79 Å². The fourth-order valence-electron chi connectivity index (χ4n) is 3.51. The number of hydrogen-bond donors (Lipinski definition) is 3. The predicted octanol–water partition coefficient (Wildman–Crippen LogP) is 3.44. The molecule has 1 aromatic rings. The molecule has 2 rings (SSSR count). The first-order valence-corrected chi connectivity index (χ1v) is 9.66. The Balaban J connectivity index is 0.00000364. The number of halogens is 1. The zero-order valence-electron chi connectivity index (χ0n) is 17.1. The molecule has 0 aromatic heterocycles. The van der Waals surface area contributed by atoms with Gasteiger partial charge in [-0.2, -0.15) is 0 Å². The first kappa shape index (κ1) is 23.7. The predicted molar refractivity (Wildman–Crippen MR) is 124 cm³/mol. The quantitative estimate of drug-likeness (QED) is 0.250. The third-order valence-corrected chi connectivity index (χ3v) is 5.15. The van der Waals surface area contributed by atoms with E-state index in [1.807, 2.05) is 20.8 Å². The van der Waals surface area contributed by atoms with E-state index in [4.69, 9.17) is 0 Å². The van der Waals surface area contributed by atoms with Crippen LogP contribution in [-0.2, 0) is 10.2 Å². The molecular weight excluding hydrogens is 451 g/mol. The first-order chi connectivity index (χ1) is 12.4. The molecule has 0 bridgehead atoms. The van der Waals surface area contributed by atoms with Gasteiger partial charge >= 0.3 is 0 Å². The molecule has 1 amide bonds. The zero-order valence-corrected chi connectivity index (χ0v) is 19.4. The van der Waals surface area contributed by atoms with Gasteiger partial charge < -0.3 is 16.0 Å². The molecular formula is C21H35IN4O. The molecule has 0 heterocycles. The fourth-order valence-corrected chi connectivity index (χ4v) is 3.51. The van der Waals surface area contributed by atoms with Crippen LogP contribution in [0.15, 0.2) is 35.3 Å². The smallest absolute Gasteiger partial charge is 0.225 e. The van der Waals surface area contributed by atoms with Crippen LogP contribution in [0.1, 0.15) is 52.0 Å². The van der Waals surface area contributed by atoms with E-state index in [2.05, 4.69) is 51.3 Å². The Morgan fingerprint density at radius 3 is 2.19 bits per heavy atom. The summed E-state index contributed by atoms with van der Waals surface area (Å²) in [6.45, 7) is 7.87. The van der Waals surface area contributed by atoms with Crippen LogP contribution in [0.2, 0.25) is 0 Å². The first-order valence-electron chi connectivity index (χ1n) is 9.66. The van der Waals surface area contributed by atoms with E-state index in [1.54, 1.807) is 7.05 Å². The molecule has 3 N–H and O–H groups in total. The number of guanidine groups is 1. The summed E-state index contributed by atoms with van der Waals surface area (Å²) in [6.07, 6.45) is 4.98. The molecule has 0 atom stereocenters. The van der Waals surface area contributed by atoms with Gasteiger partial charge in [0.15, 0.2) is 5.96 Å². The number of benzene rings is 1. The van der Waals surface area contributed by atoms with Crippen LogP contribution in [-0.4, -0.2) is 38.5 Å². The minimum Gasteiger partial charge on any atom is -0.356 e. The number of hydrogen-bond acceptors (Lipinski definition) is 2. The Bertz CT molecular complexity index is 604. The summed E-state index contributed by atoms with van der Waals surface area (Å²) in [7, 11) is 1.78. The molecule has 1 aliphatic rings. The van der Waals surface area contributed by atoms with Crippen molar-refractivity contribution >= 4 is 35.8 Å². The minimum absolute atomic E-state index is 0. The van der Waals surface area contributed by atoms with E-state index in [1.165, 1.54) is 31.2 Å². The number of rotatable bonds is 6. The van der Waals surface area contributed by atoms with Crippen molar-refractivity contribution in [3.63, 3.8) is 0 Å². The molecule has 0 aliphatic heterocycles. The van der Waals surface area contributed by atoms with Crippen LogP contribution in [0.25, 0.3) is 0 Å². The van der Waals surface area contributed by atoms with Crippen molar-refractivity contribution in [2.75, 3.05) is 26.7 Å². The summed E-state index contributed by atoms with van der Waals surface area (Å²) in [5.74, 6) is 0.855. The highest BCUT2D eigenvalue weighted by Crippen LogP contribution is 2.40.